The van der Waals surface area contributed by atoms with Crippen molar-refractivity contribution in [2.45, 2.75) is 39.9 Å². The zero-order valence-electron chi connectivity index (χ0n) is 16.0. The number of benzene rings is 2. The zero-order chi connectivity index (χ0) is 19.4. The summed E-state index contributed by atoms with van der Waals surface area (Å²) in [5.41, 5.74) is 2.38. The topological polar surface area (TPSA) is 27.7 Å². The highest BCUT2D eigenvalue weighted by molar-refractivity contribution is 6.33. The molecule has 144 valence electrons. The Hall–Kier alpha value is -1.26. The van der Waals surface area contributed by atoms with Gasteiger partial charge in [0.15, 0.2) is 0 Å². The second-order valence-corrected chi connectivity index (χ2v) is 9.66. The van der Waals surface area contributed by atoms with E-state index in [1.165, 1.54) is 0 Å². The summed E-state index contributed by atoms with van der Waals surface area (Å²) in [4.78, 5) is 0. The van der Waals surface area contributed by atoms with Gasteiger partial charge in [0.05, 0.1) is 35.5 Å². The van der Waals surface area contributed by atoms with E-state index < -0.39 is 0 Å². The molecule has 3 nitrogen and oxygen atoms in total. The van der Waals surface area contributed by atoms with Gasteiger partial charge in [-0.3, -0.25) is 0 Å². The van der Waals surface area contributed by atoms with E-state index in [0.717, 1.165) is 24.3 Å². The van der Waals surface area contributed by atoms with E-state index in [2.05, 4.69) is 27.7 Å². The first-order valence-corrected chi connectivity index (χ1v) is 9.93. The first-order chi connectivity index (χ1) is 12.7. The standard InChI is InChI=1S/C22H24Cl2O3/c1-21(2)11-25-19(21)13-5-7-17(15(23)9-13)27-18-8-6-14(10-16(18)24)20-22(3,4)12-26-20/h5-10,19-20H,11-12H2,1-4H3. The molecule has 27 heavy (non-hydrogen) atoms. The normalized spacial score (nSPS) is 25.4. The Balaban J connectivity index is 1.52. The molecule has 2 aliphatic rings. The molecule has 2 unspecified atom stereocenters. The molecule has 2 fully saturated rings. The van der Waals surface area contributed by atoms with Crippen LogP contribution in [-0.2, 0) is 9.47 Å². The van der Waals surface area contributed by atoms with Crippen LogP contribution in [0.3, 0.4) is 0 Å². The smallest absolute Gasteiger partial charge is 0.146 e. The first-order valence-electron chi connectivity index (χ1n) is 9.17. The number of rotatable bonds is 4. The van der Waals surface area contributed by atoms with Gasteiger partial charge in [-0.25, -0.2) is 0 Å². The summed E-state index contributed by atoms with van der Waals surface area (Å²) in [6.07, 6.45) is 0.135. The van der Waals surface area contributed by atoms with E-state index >= 15 is 0 Å². The maximum atomic E-state index is 6.46. The molecule has 2 atom stereocenters. The Bertz CT molecular complexity index is 804. The Labute approximate surface area is 170 Å². The fraction of sp³-hybridized carbons (Fsp3) is 0.455. The number of halogens is 2. The third-order valence-electron chi connectivity index (χ3n) is 5.40. The molecule has 0 saturated carbocycles. The lowest BCUT2D eigenvalue weighted by Gasteiger charge is -2.44. The minimum atomic E-state index is 0.0674. The van der Waals surface area contributed by atoms with Crippen LogP contribution in [0.5, 0.6) is 11.5 Å². The highest BCUT2D eigenvalue weighted by atomic mass is 35.5. The van der Waals surface area contributed by atoms with Crippen molar-refractivity contribution >= 4 is 23.2 Å². The average Bonchev–Trinajstić information content (AvgIpc) is 2.57. The van der Waals surface area contributed by atoms with Gasteiger partial charge in [-0.15, -0.1) is 0 Å². The molecule has 0 radical (unpaired) electrons. The van der Waals surface area contributed by atoms with Gasteiger partial charge in [0.1, 0.15) is 11.5 Å². The number of ether oxygens (including phenoxy) is 3. The van der Waals surface area contributed by atoms with Gasteiger partial charge < -0.3 is 14.2 Å². The Morgan fingerprint density at radius 1 is 0.778 bits per heavy atom. The van der Waals surface area contributed by atoms with E-state index in [4.69, 9.17) is 37.4 Å². The zero-order valence-corrected chi connectivity index (χ0v) is 17.5. The van der Waals surface area contributed by atoms with Gasteiger partial charge >= 0.3 is 0 Å². The molecule has 4 rings (SSSR count). The molecule has 0 aliphatic carbocycles. The molecular formula is C22H24Cl2O3. The molecule has 0 amide bonds. The van der Waals surface area contributed by atoms with Crippen LogP contribution in [0.15, 0.2) is 36.4 Å². The van der Waals surface area contributed by atoms with Crippen LogP contribution in [0, 0.1) is 10.8 Å². The lowest BCUT2D eigenvalue weighted by molar-refractivity contribution is -0.172. The molecule has 0 aromatic heterocycles. The Morgan fingerprint density at radius 2 is 1.19 bits per heavy atom. The molecular weight excluding hydrogens is 383 g/mol. The lowest BCUT2D eigenvalue weighted by Crippen LogP contribution is -2.40. The summed E-state index contributed by atoms with van der Waals surface area (Å²) >= 11 is 12.9. The van der Waals surface area contributed by atoms with Crippen molar-refractivity contribution in [3.8, 4) is 11.5 Å². The summed E-state index contributed by atoms with van der Waals surface area (Å²) < 4.78 is 17.4. The predicted octanol–water partition coefficient (Wildman–Crippen LogP) is 6.98. The van der Waals surface area contributed by atoms with Crippen molar-refractivity contribution in [3.05, 3.63) is 57.6 Å². The highest BCUT2D eigenvalue weighted by Crippen LogP contribution is 2.48. The summed E-state index contributed by atoms with van der Waals surface area (Å²) in [6, 6.07) is 11.6. The Morgan fingerprint density at radius 3 is 1.44 bits per heavy atom. The van der Waals surface area contributed by atoms with Gasteiger partial charge in [-0.05, 0) is 35.4 Å². The van der Waals surface area contributed by atoms with Gasteiger partial charge in [0.2, 0.25) is 0 Å². The molecule has 0 spiro atoms. The van der Waals surface area contributed by atoms with E-state index in [0.29, 0.717) is 21.5 Å². The van der Waals surface area contributed by atoms with Crippen molar-refractivity contribution in [2.24, 2.45) is 10.8 Å². The maximum Gasteiger partial charge on any atom is 0.146 e. The molecule has 0 bridgehead atoms. The minimum Gasteiger partial charge on any atom is -0.454 e. The molecule has 5 heteroatoms. The van der Waals surface area contributed by atoms with Crippen LogP contribution in [0.2, 0.25) is 10.0 Å². The van der Waals surface area contributed by atoms with Crippen LogP contribution < -0.4 is 4.74 Å². The van der Waals surface area contributed by atoms with Crippen molar-refractivity contribution in [3.63, 3.8) is 0 Å². The molecule has 2 aromatic rings. The van der Waals surface area contributed by atoms with Crippen LogP contribution in [-0.4, -0.2) is 13.2 Å². The predicted molar refractivity (Wildman–Crippen MR) is 108 cm³/mol. The summed E-state index contributed by atoms with van der Waals surface area (Å²) in [5.74, 6) is 1.15. The molecule has 0 N–H and O–H groups in total. The van der Waals surface area contributed by atoms with E-state index in [9.17, 15) is 0 Å². The van der Waals surface area contributed by atoms with Crippen LogP contribution in [0.25, 0.3) is 0 Å². The third-order valence-corrected chi connectivity index (χ3v) is 5.99. The molecule has 2 aromatic carbocycles. The largest absolute Gasteiger partial charge is 0.454 e. The minimum absolute atomic E-state index is 0.0674. The van der Waals surface area contributed by atoms with Crippen LogP contribution in [0.4, 0.5) is 0 Å². The summed E-state index contributed by atoms with van der Waals surface area (Å²) in [7, 11) is 0. The average molecular weight is 407 g/mol. The monoisotopic (exact) mass is 406 g/mol. The fourth-order valence-corrected chi connectivity index (χ4v) is 4.19. The quantitative estimate of drug-likeness (QED) is 0.547. The van der Waals surface area contributed by atoms with Gasteiger partial charge in [-0.1, -0.05) is 63.0 Å². The van der Waals surface area contributed by atoms with E-state index in [-0.39, 0.29) is 23.0 Å². The first kappa shape index (κ1) is 19.1. The van der Waals surface area contributed by atoms with Crippen molar-refractivity contribution in [2.75, 3.05) is 13.2 Å². The maximum absolute atomic E-state index is 6.46. The fourth-order valence-electron chi connectivity index (χ4n) is 3.74. The number of hydrogen-bond acceptors (Lipinski definition) is 3. The van der Waals surface area contributed by atoms with Crippen LogP contribution in [0.1, 0.15) is 51.0 Å². The van der Waals surface area contributed by atoms with Gasteiger partial charge in [0, 0.05) is 10.8 Å². The lowest BCUT2D eigenvalue weighted by atomic mass is 9.79. The SMILES string of the molecule is CC1(C)COC1c1ccc(Oc2ccc(C3OCC3(C)C)cc2Cl)c(Cl)c1. The van der Waals surface area contributed by atoms with Gasteiger partial charge in [0.25, 0.3) is 0 Å². The van der Waals surface area contributed by atoms with Crippen molar-refractivity contribution in [1.82, 2.24) is 0 Å². The van der Waals surface area contributed by atoms with Crippen LogP contribution >= 0.6 is 23.2 Å². The van der Waals surface area contributed by atoms with Gasteiger partial charge in [-0.2, -0.15) is 0 Å². The van der Waals surface area contributed by atoms with E-state index in [1.807, 2.05) is 36.4 Å². The molecule has 2 aliphatic heterocycles. The van der Waals surface area contributed by atoms with Crippen molar-refractivity contribution < 1.29 is 14.2 Å². The molecule has 2 saturated heterocycles. The third kappa shape index (κ3) is 3.47. The highest BCUT2D eigenvalue weighted by Gasteiger charge is 2.42. The second-order valence-electron chi connectivity index (χ2n) is 8.84. The summed E-state index contributed by atoms with van der Waals surface area (Å²) in [5, 5.41) is 1.09. The summed E-state index contributed by atoms with van der Waals surface area (Å²) in [6.45, 7) is 10.3. The van der Waals surface area contributed by atoms with Crippen molar-refractivity contribution in [1.29, 1.82) is 0 Å². The second kappa shape index (κ2) is 6.66. The Kier molecular flexibility index (Phi) is 4.71. The van der Waals surface area contributed by atoms with E-state index in [1.54, 1.807) is 0 Å². The molecule has 2 heterocycles. The number of hydrogen-bond donors (Lipinski definition) is 0.